The molecule has 70 valence electrons. The van der Waals surface area contributed by atoms with E-state index < -0.39 is 0 Å². The molecule has 2 heterocycles. The molecule has 0 atom stereocenters. The first-order chi connectivity index (χ1) is 6.27. The Hall–Kier alpha value is -0.940. The van der Waals surface area contributed by atoms with Crippen molar-refractivity contribution in [3.8, 4) is 0 Å². The van der Waals surface area contributed by atoms with Crippen LogP contribution in [0, 0.1) is 0 Å². The average molecular weight is 197 g/mol. The standard InChI is InChI=1S/C8H11N3OS/c1-11-4-2-3-6(5-11)7-8(12)10-13-9-7/h3H,2,4-5H2,1H3,(H,10,12). The van der Waals surface area contributed by atoms with Gasteiger partial charge in [0.2, 0.25) is 0 Å². The quantitative estimate of drug-likeness (QED) is 0.715. The van der Waals surface area contributed by atoms with Crippen molar-refractivity contribution in [3.63, 3.8) is 0 Å². The molecule has 1 aliphatic rings. The molecule has 0 spiro atoms. The first kappa shape index (κ1) is 8.65. The first-order valence-electron chi connectivity index (χ1n) is 4.19. The summed E-state index contributed by atoms with van der Waals surface area (Å²) in [5.41, 5.74) is 1.58. The van der Waals surface area contributed by atoms with Crippen molar-refractivity contribution < 1.29 is 0 Å². The van der Waals surface area contributed by atoms with Crippen molar-refractivity contribution in [1.29, 1.82) is 0 Å². The maximum Gasteiger partial charge on any atom is 0.285 e. The Morgan fingerprint density at radius 1 is 1.69 bits per heavy atom. The Kier molecular flexibility index (Phi) is 2.28. The van der Waals surface area contributed by atoms with E-state index in [0.29, 0.717) is 5.69 Å². The van der Waals surface area contributed by atoms with Crippen LogP contribution in [0.3, 0.4) is 0 Å². The Bertz CT molecular complexity index is 379. The number of nitrogens with zero attached hydrogens (tertiary/aromatic N) is 2. The maximum absolute atomic E-state index is 11.3. The molecular formula is C8H11N3OS. The number of aromatic amines is 1. The van der Waals surface area contributed by atoms with E-state index in [1.54, 1.807) is 0 Å². The number of aromatic nitrogens is 2. The normalized spacial score (nSPS) is 18.7. The zero-order chi connectivity index (χ0) is 9.26. The summed E-state index contributed by atoms with van der Waals surface area (Å²) in [6.07, 6.45) is 3.10. The zero-order valence-corrected chi connectivity index (χ0v) is 8.23. The van der Waals surface area contributed by atoms with E-state index >= 15 is 0 Å². The number of rotatable bonds is 1. The summed E-state index contributed by atoms with van der Waals surface area (Å²) in [5.74, 6) is 0. The SMILES string of the molecule is CN1CCC=C(c2ns[nH]c2=O)C1. The fraction of sp³-hybridized carbons (Fsp3) is 0.500. The van der Waals surface area contributed by atoms with E-state index in [2.05, 4.69) is 19.7 Å². The van der Waals surface area contributed by atoms with Crippen LogP contribution in [-0.4, -0.2) is 33.8 Å². The molecule has 0 saturated heterocycles. The van der Waals surface area contributed by atoms with Gasteiger partial charge in [-0.15, -0.1) is 0 Å². The van der Waals surface area contributed by atoms with E-state index in [4.69, 9.17) is 0 Å². The Labute approximate surface area is 80.2 Å². The van der Waals surface area contributed by atoms with Crippen molar-refractivity contribution in [2.75, 3.05) is 20.1 Å². The molecule has 0 bridgehead atoms. The number of hydrogen-bond acceptors (Lipinski definition) is 4. The highest BCUT2D eigenvalue weighted by atomic mass is 32.1. The van der Waals surface area contributed by atoms with Crippen LogP contribution in [0.5, 0.6) is 0 Å². The van der Waals surface area contributed by atoms with Gasteiger partial charge in [0.25, 0.3) is 5.56 Å². The zero-order valence-electron chi connectivity index (χ0n) is 7.41. The van der Waals surface area contributed by atoms with Gasteiger partial charge in [-0.2, -0.15) is 4.37 Å². The summed E-state index contributed by atoms with van der Waals surface area (Å²) in [4.78, 5) is 13.4. The molecule has 1 aromatic heterocycles. The van der Waals surface area contributed by atoms with Gasteiger partial charge in [-0.05, 0) is 19.0 Å². The molecule has 5 heteroatoms. The smallest absolute Gasteiger partial charge is 0.285 e. The summed E-state index contributed by atoms with van der Waals surface area (Å²) in [6, 6.07) is 0. The highest BCUT2D eigenvalue weighted by Gasteiger charge is 2.14. The largest absolute Gasteiger partial charge is 0.302 e. The minimum Gasteiger partial charge on any atom is -0.302 e. The summed E-state index contributed by atoms with van der Waals surface area (Å²) < 4.78 is 6.65. The highest BCUT2D eigenvalue weighted by molar-refractivity contribution is 6.99. The predicted octanol–water partition coefficient (Wildman–Crippen LogP) is 0.550. The number of nitrogens with one attached hydrogen (secondary N) is 1. The first-order valence-corrected chi connectivity index (χ1v) is 4.97. The lowest BCUT2D eigenvalue weighted by Gasteiger charge is -2.21. The van der Waals surface area contributed by atoms with Crippen LogP contribution in [0.1, 0.15) is 12.1 Å². The minimum absolute atomic E-state index is 0.0634. The summed E-state index contributed by atoms with van der Waals surface area (Å²) in [6.45, 7) is 1.89. The van der Waals surface area contributed by atoms with Gasteiger partial charge in [-0.3, -0.25) is 9.17 Å². The van der Waals surface area contributed by atoms with E-state index in [-0.39, 0.29) is 5.56 Å². The van der Waals surface area contributed by atoms with Crippen LogP contribution in [0.4, 0.5) is 0 Å². The van der Waals surface area contributed by atoms with Crippen LogP contribution in [0.15, 0.2) is 10.9 Å². The van der Waals surface area contributed by atoms with E-state index in [1.807, 2.05) is 7.05 Å². The van der Waals surface area contributed by atoms with Crippen molar-refractivity contribution >= 4 is 17.3 Å². The van der Waals surface area contributed by atoms with Gasteiger partial charge in [0.05, 0.1) is 0 Å². The van der Waals surface area contributed by atoms with Gasteiger partial charge in [-0.1, -0.05) is 6.08 Å². The molecule has 2 rings (SSSR count). The monoisotopic (exact) mass is 197 g/mol. The maximum atomic E-state index is 11.3. The topological polar surface area (TPSA) is 49.0 Å². The summed E-state index contributed by atoms with van der Waals surface area (Å²) in [7, 11) is 2.05. The van der Waals surface area contributed by atoms with Gasteiger partial charge in [0.15, 0.2) is 0 Å². The third kappa shape index (κ3) is 1.71. The Morgan fingerprint density at radius 3 is 3.15 bits per heavy atom. The highest BCUT2D eigenvalue weighted by Crippen LogP contribution is 2.15. The van der Waals surface area contributed by atoms with Crippen molar-refractivity contribution in [1.82, 2.24) is 13.6 Å². The molecule has 4 nitrogen and oxygen atoms in total. The average Bonchev–Trinajstić information content (AvgIpc) is 2.51. The summed E-state index contributed by atoms with van der Waals surface area (Å²) >= 11 is 1.11. The van der Waals surface area contributed by atoms with Crippen molar-refractivity contribution in [2.45, 2.75) is 6.42 Å². The summed E-state index contributed by atoms with van der Waals surface area (Å²) in [5, 5.41) is 0. The second-order valence-corrected chi connectivity index (χ2v) is 3.79. The Balaban J connectivity index is 2.32. The second-order valence-electron chi connectivity index (χ2n) is 3.22. The van der Waals surface area contributed by atoms with Gasteiger partial charge < -0.3 is 4.90 Å². The molecule has 1 aromatic rings. The third-order valence-corrected chi connectivity index (χ3v) is 2.69. The van der Waals surface area contributed by atoms with Crippen molar-refractivity contribution in [2.24, 2.45) is 0 Å². The van der Waals surface area contributed by atoms with Crippen LogP contribution in [0.2, 0.25) is 0 Å². The van der Waals surface area contributed by atoms with Gasteiger partial charge in [0.1, 0.15) is 5.69 Å². The Morgan fingerprint density at radius 2 is 2.54 bits per heavy atom. The molecule has 0 aliphatic carbocycles. The lowest BCUT2D eigenvalue weighted by Crippen LogP contribution is -2.26. The minimum atomic E-state index is -0.0634. The van der Waals surface area contributed by atoms with Crippen LogP contribution < -0.4 is 5.56 Å². The van der Waals surface area contributed by atoms with E-state index in [0.717, 1.165) is 36.8 Å². The molecule has 0 aromatic carbocycles. The van der Waals surface area contributed by atoms with Crippen LogP contribution >= 0.6 is 11.7 Å². The number of likely N-dealkylation sites (N-methyl/N-ethyl adjacent to an activating group) is 1. The van der Waals surface area contributed by atoms with Crippen LogP contribution in [0.25, 0.3) is 5.57 Å². The molecule has 0 fully saturated rings. The molecular weight excluding hydrogens is 186 g/mol. The molecule has 0 amide bonds. The molecule has 0 saturated carbocycles. The molecule has 1 aliphatic heterocycles. The fourth-order valence-corrected chi connectivity index (χ4v) is 1.99. The van der Waals surface area contributed by atoms with Crippen LogP contribution in [-0.2, 0) is 0 Å². The molecule has 1 N–H and O–H groups in total. The second kappa shape index (κ2) is 3.43. The lowest BCUT2D eigenvalue weighted by molar-refractivity contribution is 0.372. The fourth-order valence-electron chi connectivity index (χ4n) is 1.47. The third-order valence-electron chi connectivity index (χ3n) is 2.14. The predicted molar refractivity (Wildman–Crippen MR) is 52.8 cm³/mol. The molecule has 13 heavy (non-hydrogen) atoms. The van der Waals surface area contributed by atoms with Gasteiger partial charge in [0, 0.05) is 24.8 Å². The lowest BCUT2D eigenvalue weighted by atomic mass is 10.1. The number of H-pyrrole nitrogens is 1. The number of hydrogen-bond donors (Lipinski definition) is 1. The van der Waals surface area contributed by atoms with Gasteiger partial charge >= 0.3 is 0 Å². The molecule has 0 unspecified atom stereocenters. The van der Waals surface area contributed by atoms with Gasteiger partial charge in [-0.25, -0.2) is 0 Å². The van der Waals surface area contributed by atoms with E-state index in [9.17, 15) is 4.79 Å². The van der Waals surface area contributed by atoms with Crippen molar-refractivity contribution in [3.05, 3.63) is 22.1 Å². The molecule has 0 radical (unpaired) electrons. The van der Waals surface area contributed by atoms with E-state index in [1.165, 1.54) is 0 Å².